The number of hydrogen-bond acceptors (Lipinski definition) is 2. The molecule has 1 heterocycles. The second-order valence-corrected chi connectivity index (χ2v) is 3.52. The summed E-state index contributed by atoms with van der Waals surface area (Å²) >= 11 is 0. The molecule has 2 rings (SSSR count). The van der Waals surface area contributed by atoms with Crippen molar-refractivity contribution in [3.63, 3.8) is 0 Å². The molecule has 0 amide bonds. The average Bonchev–Trinajstić information content (AvgIpc) is 2.59. The second kappa shape index (κ2) is 3.81. The Balaban J connectivity index is 2.31. The zero-order chi connectivity index (χ0) is 10.8. The Morgan fingerprint density at radius 3 is 3.00 bits per heavy atom. The van der Waals surface area contributed by atoms with E-state index in [9.17, 15) is 9.18 Å². The number of rotatable bonds is 3. The van der Waals surface area contributed by atoms with Crippen molar-refractivity contribution in [1.82, 2.24) is 9.97 Å². The van der Waals surface area contributed by atoms with E-state index in [4.69, 9.17) is 0 Å². The number of hydrogen-bond donors (Lipinski definition) is 1. The first kappa shape index (κ1) is 9.83. The number of carbonyl (C=O) groups excluding carboxylic acids is 1. The average molecular weight is 206 g/mol. The van der Waals surface area contributed by atoms with Gasteiger partial charge in [0.1, 0.15) is 17.1 Å². The molecule has 0 spiro atoms. The molecule has 15 heavy (non-hydrogen) atoms. The fourth-order valence-electron chi connectivity index (χ4n) is 1.46. The third-order valence-corrected chi connectivity index (χ3v) is 2.23. The Bertz CT molecular complexity index is 504. The maximum Gasteiger partial charge on any atom is 0.151 e. The van der Waals surface area contributed by atoms with Gasteiger partial charge in [0.25, 0.3) is 0 Å². The minimum atomic E-state index is -0.335. The molecule has 0 fully saturated rings. The molecular weight excluding hydrogens is 195 g/mol. The van der Waals surface area contributed by atoms with Crippen LogP contribution in [0.2, 0.25) is 0 Å². The van der Waals surface area contributed by atoms with Crippen LogP contribution in [0.1, 0.15) is 19.2 Å². The summed E-state index contributed by atoms with van der Waals surface area (Å²) in [4.78, 5) is 17.9. The van der Waals surface area contributed by atoms with Crippen LogP contribution in [0.25, 0.3) is 11.0 Å². The number of nitrogens with zero attached hydrogens (tertiary/aromatic N) is 1. The number of aryl methyl sites for hydroxylation is 1. The lowest BCUT2D eigenvalue weighted by atomic mass is 10.2. The van der Waals surface area contributed by atoms with Crippen LogP contribution in [0.5, 0.6) is 0 Å². The zero-order valence-electron chi connectivity index (χ0n) is 8.38. The van der Waals surface area contributed by atoms with Crippen molar-refractivity contribution in [3.05, 3.63) is 29.8 Å². The molecule has 0 aliphatic carbocycles. The molecule has 1 aromatic carbocycles. The van der Waals surface area contributed by atoms with Gasteiger partial charge in [0, 0.05) is 12.8 Å². The Morgan fingerprint density at radius 2 is 2.33 bits per heavy atom. The SMILES string of the molecule is CC(=O)CCc1nc2c(F)cccc2[nH]1. The van der Waals surface area contributed by atoms with Gasteiger partial charge in [-0.15, -0.1) is 0 Å². The minimum Gasteiger partial charge on any atom is -0.342 e. The lowest BCUT2D eigenvalue weighted by Crippen LogP contribution is -1.95. The van der Waals surface area contributed by atoms with Crippen LogP contribution in [0, 0.1) is 5.82 Å². The van der Waals surface area contributed by atoms with E-state index >= 15 is 0 Å². The van der Waals surface area contributed by atoms with Crippen LogP contribution in [0.4, 0.5) is 4.39 Å². The predicted octanol–water partition coefficient (Wildman–Crippen LogP) is 2.22. The van der Waals surface area contributed by atoms with E-state index < -0.39 is 0 Å². The largest absolute Gasteiger partial charge is 0.342 e. The van der Waals surface area contributed by atoms with Gasteiger partial charge in [-0.1, -0.05) is 6.07 Å². The van der Waals surface area contributed by atoms with E-state index in [2.05, 4.69) is 9.97 Å². The van der Waals surface area contributed by atoms with Crippen molar-refractivity contribution < 1.29 is 9.18 Å². The molecule has 0 aliphatic heterocycles. The highest BCUT2D eigenvalue weighted by molar-refractivity contribution is 5.77. The third-order valence-electron chi connectivity index (χ3n) is 2.23. The molecule has 0 saturated carbocycles. The zero-order valence-corrected chi connectivity index (χ0v) is 8.38. The Hall–Kier alpha value is -1.71. The molecule has 0 saturated heterocycles. The van der Waals surface area contributed by atoms with Gasteiger partial charge >= 0.3 is 0 Å². The summed E-state index contributed by atoms with van der Waals surface area (Å²) in [7, 11) is 0. The summed E-state index contributed by atoms with van der Waals surface area (Å²) in [6.45, 7) is 1.53. The maximum absolute atomic E-state index is 13.2. The molecule has 0 unspecified atom stereocenters. The predicted molar refractivity (Wildman–Crippen MR) is 55.1 cm³/mol. The normalized spacial score (nSPS) is 10.8. The molecule has 2 aromatic rings. The third kappa shape index (κ3) is 2.03. The highest BCUT2D eigenvalue weighted by Crippen LogP contribution is 2.15. The number of carbonyl (C=O) groups is 1. The number of ketones is 1. The smallest absolute Gasteiger partial charge is 0.151 e. The highest BCUT2D eigenvalue weighted by atomic mass is 19.1. The van der Waals surface area contributed by atoms with E-state index in [-0.39, 0.29) is 11.6 Å². The van der Waals surface area contributed by atoms with Gasteiger partial charge in [0.05, 0.1) is 5.52 Å². The van der Waals surface area contributed by atoms with E-state index in [1.165, 1.54) is 13.0 Å². The topological polar surface area (TPSA) is 45.8 Å². The first-order valence-electron chi connectivity index (χ1n) is 4.79. The fourth-order valence-corrected chi connectivity index (χ4v) is 1.46. The van der Waals surface area contributed by atoms with Crippen LogP contribution >= 0.6 is 0 Å². The van der Waals surface area contributed by atoms with Crippen LogP contribution in [-0.2, 0) is 11.2 Å². The minimum absolute atomic E-state index is 0.107. The van der Waals surface area contributed by atoms with Crippen molar-refractivity contribution >= 4 is 16.8 Å². The second-order valence-electron chi connectivity index (χ2n) is 3.52. The number of aromatic nitrogens is 2. The van der Waals surface area contributed by atoms with E-state index in [0.717, 1.165) is 0 Å². The molecule has 0 atom stereocenters. The van der Waals surface area contributed by atoms with Gasteiger partial charge < -0.3 is 9.78 Å². The van der Waals surface area contributed by atoms with Gasteiger partial charge in [-0.05, 0) is 19.1 Å². The number of benzene rings is 1. The van der Waals surface area contributed by atoms with Crippen LogP contribution in [0.3, 0.4) is 0 Å². The Morgan fingerprint density at radius 1 is 1.53 bits per heavy atom. The molecule has 1 aromatic heterocycles. The monoisotopic (exact) mass is 206 g/mol. The van der Waals surface area contributed by atoms with Gasteiger partial charge in [-0.2, -0.15) is 0 Å². The molecule has 3 nitrogen and oxygen atoms in total. The van der Waals surface area contributed by atoms with Crippen molar-refractivity contribution in [2.24, 2.45) is 0 Å². The number of imidazole rings is 1. The summed E-state index contributed by atoms with van der Waals surface area (Å²) in [5.74, 6) is 0.430. The van der Waals surface area contributed by atoms with Gasteiger partial charge in [-0.25, -0.2) is 9.37 Å². The molecule has 0 bridgehead atoms. The highest BCUT2D eigenvalue weighted by Gasteiger charge is 2.07. The summed E-state index contributed by atoms with van der Waals surface area (Å²) < 4.78 is 13.2. The fraction of sp³-hybridized carbons (Fsp3) is 0.273. The van der Waals surface area contributed by atoms with E-state index in [1.807, 2.05) is 0 Å². The van der Waals surface area contributed by atoms with Crippen molar-refractivity contribution in [2.45, 2.75) is 19.8 Å². The van der Waals surface area contributed by atoms with Crippen LogP contribution in [0.15, 0.2) is 18.2 Å². The number of nitrogens with one attached hydrogen (secondary N) is 1. The van der Waals surface area contributed by atoms with Gasteiger partial charge in [-0.3, -0.25) is 0 Å². The van der Waals surface area contributed by atoms with E-state index in [0.29, 0.717) is 29.7 Å². The van der Waals surface area contributed by atoms with Crippen molar-refractivity contribution in [3.8, 4) is 0 Å². The molecule has 1 N–H and O–H groups in total. The standard InChI is InChI=1S/C11H11FN2O/c1-7(15)5-6-10-13-9-4-2-3-8(12)11(9)14-10/h2-4H,5-6H2,1H3,(H,13,14). The molecule has 78 valence electrons. The van der Waals surface area contributed by atoms with Crippen molar-refractivity contribution in [1.29, 1.82) is 0 Å². The lowest BCUT2D eigenvalue weighted by Gasteiger charge is -1.90. The number of halogens is 1. The van der Waals surface area contributed by atoms with Gasteiger partial charge in [0.15, 0.2) is 5.82 Å². The Labute approximate surface area is 86.3 Å². The summed E-state index contributed by atoms with van der Waals surface area (Å²) in [5, 5.41) is 0. The number of Topliss-reactive ketones (excluding diaryl/α,β-unsaturated/α-hetero) is 1. The number of H-pyrrole nitrogens is 1. The number of para-hydroxylation sites is 1. The maximum atomic E-state index is 13.2. The molecule has 4 heteroatoms. The van der Waals surface area contributed by atoms with Gasteiger partial charge in [0.2, 0.25) is 0 Å². The summed E-state index contributed by atoms with van der Waals surface area (Å²) in [6.07, 6.45) is 0.963. The lowest BCUT2D eigenvalue weighted by molar-refractivity contribution is -0.117. The first-order valence-corrected chi connectivity index (χ1v) is 4.79. The summed E-state index contributed by atoms with van der Waals surface area (Å²) in [5.41, 5.74) is 1.02. The first-order chi connectivity index (χ1) is 7.16. The van der Waals surface area contributed by atoms with E-state index in [1.54, 1.807) is 12.1 Å². The van der Waals surface area contributed by atoms with Crippen LogP contribution < -0.4 is 0 Å². The number of aromatic amines is 1. The molecule has 0 aliphatic rings. The molecule has 0 radical (unpaired) electrons. The van der Waals surface area contributed by atoms with Crippen molar-refractivity contribution in [2.75, 3.05) is 0 Å². The van der Waals surface area contributed by atoms with Crippen LogP contribution in [-0.4, -0.2) is 15.8 Å². The summed E-state index contributed by atoms with van der Waals surface area (Å²) in [6, 6.07) is 4.77. The quantitative estimate of drug-likeness (QED) is 0.836. The molecular formula is C11H11FN2O. The number of fused-ring (bicyclic) bond motifs is 1. The Kier molecular flexibility index (Phi) is 2.49.